The van der Waals surface area contributed by atoms with E-state index < -0.39 is 6.29 Å². The number of hydrogen-bond donors (Lipinski definition) is 1. The summed E-state index contributed by atoms with van der Waals surface area (Å²) in [5.41, 5.74) is 1.11. The summed E-state index contributed by atoms with van der Waals surface area (Å²) in [6.45, 7) is 0.602. The molecule has 2 nitrogen and oxygen atoms in total. The predicted molar refractivity (Wildman–Crippen MR) is 60.6 cm³/mol. The van der Waals surface area contributed by atoms with Crippen LogP contribution < -0.4 is 0 Å². The third-order valence-electron chi connectivity index (χ3n) is 2.44. The molecular formula is C12H13ClO2. The van der Waals surface area contributed by atoms with Gasteiger partial charge in [0.2, 0.25) is 0 Å². The van der Waals surface area contributed by atoms with Crippen molar-refractivity contribution < 1.29 is 9.84 Å². The fourth-order valence-corrected chi connectivity index (χ4v) is 1.71. The number of hydrogen-bond acceptors (Lipinski definition) is 2. The molecule has 0 radical (unpaired) electrons. The van der Waals surface area contributed by atoms with Crippen LogP contribution in [0, 0.1) is 5.92 Å². The zero-order valence-corrected chi connectivity index (χ0v) is 9.02. The van der Waals surface area contributed by atoms with Gasteiger partial charge < -0.3 is 9.84 Å². The van der Waals surface area contributed by atoms with Gasteiger partial charge in [-0.25, -0.2) is 0 Å². The first kappa shape index (κ1) is 10.7. The summed E-state index contributed by atoms with van der Waals surface area (Å²) in [5, 5.41) is 9.90. The van der Waals surface area contributed by atoms with Gasteiger partial charge in [0.15, 0.2) is 6.29 Å². The van der Waals surface area contributed by atoms with E-state index in [-0.39, 0.29) is 0 Å². The van der Waals surface area contributed by atoms with Gasteiger partial charge in [-0.3, -0.25) is 0 Å². The molecule has 1 unspecified atom stereocenters. The molecule has 15 heavy (non-hydrogen) atoms. The molecule has 2 atom stereocenters. The van der Waals surface area contributed by atoms with Crippen molar-refractivity contribution in [2.24, 2.45) is 5.92 Å². The fraction of sp³-hybridized carbons (Fsp3) is 0.333. The molecule has 0 spiro atoms. The minimum atomic E-state index is -0.593. The highest BCUT2D eigenvalue weighted by atomic mass is 35.5. The largest absolute Gasteiger partial charge is 0.368 e. The molecule has 1 aliphatic heterocycles. The molecule has 1 fully saturated rings. The third kappa shape index (κ3) is 3.06. The molecule has 1 aliphatic rings. The maximum atomic E-state index is 9.16. The molecule has 0 aromatic heterocycles. The lowest BCUT2D eigenvalue weighted by Gasteiger charge is -1.99. The molecule has 0 bridgehead atoms. The van der Waals surface area contributed by atoms with Gasteiger partial charge in [-0.05, 0) is 17.7 Å². The number of rotatable bonds is 2. The van der Waals surface area contributed by atoms with Crippen LogP contribution in [0.5, 0.6) is 0 Å². The first-order valence-electron chi connectivity index (χ1n) is 4.97. The van der Waals surface area contributed by atoms with Gasteiger partial charge in [-0.2, -0.15) is 0 Å². The van der Waals surface area contributed by atoms with Crippen LogP contribution in [0.4, 0.5) is 0 Å². The highest BCUT2D eigenvalue weighted by molar-refractivity contribution is 6.30. The van der Waals surface area contributed by atoms with E-state index in [9.17, 15) is 0 Å². The van der Waals surface area contributed by atoms with Gasteiger partial charge in [0, 0.05) is 17.4 Å². The Kier molecular flexibility index (Phi) is 3.41. The maximum absolute atomic E-state index is 9.16. The topological polar surface area (TPSA) is 29.5 Å². The van der Waals surface area contributed by atoms with Crippen LogP contribution in [0.3, 0.4) is 0 Å². The van der Waals surface area contributed by atoms with Crippen molar-refractivity contribution in [3.05, 3.63) is 40.9 Å². The highest BCUT2D eigenvalue weighted by Crippen LogP contribution is 2.20. The minimum Gasteiger partial charge on any atom is -0.368 e. The monoisotopic (exact) mass is 224 g/mol. The number of benzene rings is 1. The van der Waals surface area contributed by atoms with Gasteiger partial charge in [-0.15, -0.1) is 0 Å². The van der Waals surface area contributed by atoms with Gasteiger partial charge in [0.25, 0.3) is 0 Å². The van der Waals surface area contributed by atoms with Crippen LogP contribution in [0.2, 0.25) is 5.02 Å². The summed E-state index contributed by atoms with van der Waals surface area (Å²) in [6.07, 6.45) is 4.19. The Labute approximate surface area is 94.1 Å². The molecule has 1 saturated heterocycles. The van der Waals surface area contributed by atoms with Gasteiger partial charge in [0.05, 0.1) is 6.61 Å². The first-order valence-corrected chi connectivity index (χ1v) is 5.35. The highest BCUT2D eigenvalue weighted by Gasteiger charge is 2.20. The zero-order valence-electron chi connectivity index (χ0n) is 8.27. The molecule has 1 heterocycles. The predicted octanol–water partition coefficient (Wildman–Crippen LogP) is 2.71. The van der Waals surface area contributed by atoms with Crippen LogP contribution in [0.15, 0.2) is 30.3 Å². The summed E-state index contributed by atoms with van der Waals surface area (Å²) in [5.74, 6) is 0.315. The van der Waals surface area contributed by atoms with Gasteiger partial charge in [0.1, 0.15) is 0 Å². The second kappa shape index (κ2) is 4.79. The number of ether oxygens (including phenoxy) is 1. The van der Waals surface area contributed by atoms with Crippen LogP contribution in [0.25, 0.3) is 6.08 Å². The Bertz CT molecular complexity index is 345. The molecule has 1 aromatic carbocycles. The molecule has 1 N–H and O–H groups in total. The van der Waals surface area contributed by atoms with E-state index in [1.807, 2.05) is 30.3 Å². The second-order valence-electron chi connectivity index (χ2n) is 3.69. The van der Waals surface area contributed by atoms with E-state index in [1.54, 1.807) is 0 Å². The summed E-state index contributed by atoms with van der Waals surface area (Å²) in [6, 6.07) is 7.65. The lowest BCUT2D eigenvalue weighted by Crippen LogP contribution is -2.00. The minimum absolute atomic E-state index is 0.315. The summed E-state index contributed by atoms with van der Waals surface area (Å²) >= 11 is 5.78. The van der Waals surface area contributed by atoms with Crippen molar-refractivity contribution in [3.8, 4) is 0 Å². The lowest BCUT2D eigenvalue weighted by molar-refractivity contribution is -0.0590. The Balaban J connectivity index is 1.96. The summed E-state index contributed by atoms with van der Waals surface area (Å²) < 4.78 is 5.06. The van der Waals surface area contributed by atoms with Gasteiger partial charge >= 0.3 is 0 Å². The second-order valence-corrected chi connectivity index (χ2v) is 4.13. The summed E-state index contributed by atoms with van der Waals surface area (Å²) in [7, 11) is 0. The molecule has 1 aromatic rings. The molecule has 0 amide bonds. The molecule has 0 saturated carbocycles. The summed E-state index contributed by atoms with van der Waals surface area (Å²) in [4.78, 5) is 0. The van der Waals surface area contributed by atoms with Crippen molar-refractivity contribution in [1.82, 2.24) is 0 Å². The van der Waals surface area contributed by atoms with Crippen LogP contribution in [0.1, 0.15) is 12.0 Å². The average Bonchev–Trinajstić information content (AvgIpc) is 2.64. The fourth-order valence-electron chi connectivity index (χ4n) is 1.58. The van der Waals surface area contributed by atoms with E-state index in [0.717, 1.165) is 10.6 Å². The van der Waals surface area contributed by atoms with Crippen molar-refractivity contribution in [1.29, 1.82) is 0 Å². The van der Waals surface area contributed by atoms with Crippen LogP contribution >= 0.6 is 11.6 Å². The Morgan fingerprint density at radius 1 is 1.33 bits per heavy atom. The van der Waals surface area contributed by atoms with E-state index >= 15 is 0 Å². The number of halogens is 1. The molecule has 0 aliphatic carbocycles. The quantitative estimate of drug-likeness (QED) is 0.837. The van der Waals surface area contributed by atoms with E-state index in [2.05, 4.69) is 6.08 Å². The standard InChI is InChI=1S/C12H13ClO2/c13-11-5-3-9(4-6-11)1-2-10-7-12(14)15-8-10/h1-6,10,12,14H,7-8H2/b2-1+/t10-,12?/m0/s1. The average molecular weight is 225 g/mol. The SMILES string of the molecule is OC1C[C@H](/C=C/c2ccc(Cl)cc2)CO1. The first-order chi connectivity index (χ1) is 7.24. The molecule has 80 valence electrons. The van der Waals surface area contributed by atoms with Crippen LogP contribution in [-0.4, -0.2) is 18.0 Å². The van der Waals surface area contributed by atoms with Crippen molar-refractivity contribution in [2.75, 3.05) is 6.61 Å². The van der Waals surface area contributed by atoms with Crippen LogP contribution in [-0.2, 0) is 4.74 Å². The third-order valence-corrected chi connectivity index (χ3v) is 2.69. The molecule has 2 rings (SSSR count). The Hall–Kier alpha value is -0.830. The van der Waals surface area contributed by atoms with E-state index in [1.165, 1.54) is 0 Å². The maximum Gasteiger partial charge on any atom is 0.155 e. The van der Waals surface area contributed by atoms with Crippen molar-refractivity contribution in [2.45, 2.75) is 12.7 Å². The van der Waals surface area contributed by atoms with Crippen molar-refractivity contribution in [3.63, 3.8) is 0 Å². The van der Waals surface area contributed by atoms with Crippen molar-refractivity contribution >= 4 is 17.7 Å². The Morgan fingerprint density at radius 3 is 2.67 bits per heavy atom. The van der Waals surface area contributed by atoms with E-state index in [0.29, 0.717) is 18.9 Å². The molecular weight excluding hydrogens is 212 g/mol. The van der Waals surface area contributed by atoms with Gasteiger partial charge in [-0.1, -0.05) is 35.9 Å². The normalized spacial score (nSPS) is 26.3. The lowest BCUT2D eigenvalue weighted by atomic mass is 10.1. The number of aliphatic hydroxyl groups is 1. The number of aliphatic hydroxyl groups excluding tert-OH is 1. The molecule has 3 heteroatoms. The zero-order chi connectivity index (χ0) is 10.7. The van der Waals surface area contributed by atoms with E-state index in [4.69, 9.17) is 21.4 Å². The smallest absolute Gasteiger partial charge is 0.155 e. The Morgan fingerprint density at radius 2 is 2.07 bits per heavy atom.